The average molecular weight is 291 g/mol. The maximum Gasteiger partial charge on any atom is 0.201 e. The molecule has 0 amide bonds. The van der Waals surface area contributed by atoms with Gasteiger partial charge in [-0.3, -0.25) is 0 Å². The minimum absolute atomic E-state index is 0.297. The topological polar surface area (TPSA) is 43.8 Å². The summed E-state index contributed by atoms with van der Waals surface area (Å²) in [5.74, 6) is 0.118. The molecule has 2 aromatic rings. The maximum absolute atomic E-state index is 13.6. The zero-order valence-corrected chi connectivity index (χ0v) is 12.9. The lowest BCUT2D eigenvalue weighted by Crippen LogP contribution is -2.03. The Labute approximate surface area is 126 Å². The van der Waals surface area contributed by atoms with Crippen LogP contribution in [0.5, 0.6) is 0 Å². The second-order valence-electron chi connectivity index (χ2n) is 5.70. The van der Waals surface area contributed by atoms with Crippen LogP contribution < -0.4 is 5.73 Å². The molecular formula is C17H26FN3. The first kappa shape index (κ1) is 15.8. The molecule has 0 aliphatic carbocycles. The Morgan fingerprint density at radius 3 is 2.43 bits per heavy atom. The van der Waals surface area contributed by atoms with Crippen LogP contribution in [0.15, 0.2) is 18.2 Å². The number of nitrogens with zero attached hydrogens (tertiary/aromatic N) is 2. The molecule has 1 aromatic carbocycles. The first-order chi connectivity index (χ1) is 10.2. The summed E-state index contributed by atoms with van der Waals surface area (Å²) >= 11 is 0. The third kappa shape index (κ3) is 4.19. The highest BCUT2D eigenvalue weighted by Gasteiger charge is 2.10. The molecule has 3 nitrogen and oxygen atoms in total. The van der Waals surface area contributed by atoms with Crippen molar-refractivity contribution in [3.8, 4) is 0 Å². The number of nitrogens with two attached hydrogens (primary N) is 1. The van der Waals surface area contributed by atoms with Crippen LogP contribution in [0.25, 0.3) is 11.0 Å². The lowest BCUT2D eigenvalue weighted by molar-refractivity contribution is 0.550. The van der Waals surface area contributed by atoms with Crippen molar-refractivity contribution in [2.45, 2.75) is 64.8 Å². The van der Waals surface area contributed by atoms with E-state index in [1.807, 2.05) is 10.6 Å². The van der Waals surface area contributed by atoms with Crippen LogP contribution in [-0.2, 0) is 6.54 Å². The van der Waals surface area contributed by atoms with Crippen molar-refractivity contribution in [3.05, 3.63) is 24.0 Å². The highest BCUT2D eigenvalue weighted by molar-refractivity contribution is 5.78. The van der Waals surface area contributed by atoms with E-state index in [4.69, 9.17) is 5.73 Å². The van der Waals surface area contributed by atoms with Gasteiger partial charge in [0, 0.05) is 6.54 Å². The monoisotopic (exact) mass is 291 g/mol. The molecule has 0 atom stereocenters. The fourth-order valence-corrected chi connectivity index (χ4v) is 2.77. The van der Waals surface area contributed by atoms with E-state index in [0.29, 0.717) is 11.5 Å². The van der Waals surface area contributed by atoms with Crippen LogP contribution in [-0.4, -0.2) is 9.55 Å². The highest BCUT2D eigenvalue weighted by atomic mass is 19.1. The number of nitrogen functional groups attached to an aromatic ring is 1. The van der Waals surface area contributed by atoms with E-state index < -0.39 is 0 Å². The zero-order valence-electron chi connectivity index (χ0n) is 12.9. The van der Waals surface area contributed by atoms with Crippen molar-refractivity contribution in [3.63, 3.8) is 0 Å². The minimum atomic E-state index is -0.297. The van der Waals surface area contributed by atoms with Crippen LogP contribution >= 0.6 is 0 Å². The van der Waals surface area contributed by atoms with Crippen molar-refractivity contribution in [2.75, 3.05) is 5.73 Å². The summed E-state index contributed by atoms with van der Waals surface area (Å²) < 4.78 is 15.6. The summed E-state index contributed by atoms with van der Waals surface area (Å²) in [6.07, 6.45) is 10.2. The number of halogens is 1. The van der Waals surface area contributed by atoms with Crippen LogP contribution in [0.3, 0.4) is 0 Å². The van der Waals surface area contributed by atoms with E-state index in [-0.39, 0.29) is 5.82 Å². The molecule has 1 aromatic heterocycles. The Morgan fingerprint density at radius 2 is 1.71 bits per heavy atom. The smallest absolute Gasteiger partial charge is 0.201 e. The van der Waals surface area contributed by atoms with E-state index in [1.165, 1.54) is 51.0 Å². The second-order valence-corrected chi connectivity index (χ2v) is 5.70. The largest absolute Gasteiger partial charge is 0.369 e. The van der Waals surface area contributed by atoms with E-state index in [1.54, 1.807) is 6.07 Å². The van der Waals surface area contributed by atoms with Gasteiger partial charge in [-0.05, 0) is 18.6 Å². The molecule has 0 bridgehead atoms. The fraction of sp³-hybridized carbons (Fsp3) is 0.588. The molecule has 2 N–H and O–H groups in total. The fourth-order valence-electron chi connectivity index (χ4n) is 2.77. The van der Waals surface area contributed by atoms with Gasteiger partial charge in [0.2, 0.25) is 5.95 Å². The molecule has 21 heavy (non-hydrogen) atoms. The SMILES string of the molecule is CCCCCCCCCCn1c(N)nc2c(F)cccc21. The molecule has 1 heterocycles. The molecule has 0 spiro atoms. The molecule has 0 radical (unpaired) electrons. The summed E-state index contributed by atoms with van der Waals surface area (Å²) in [6.45, 7) is 3.06. The van der Waals surface area contributed by atoms with Gasteiger partial charge in [-0.15, -0.1) is 0 Å². The minimum Gasteiger partial charge on any atom is -0.369 e. The van der Waals surface area contributed by atoms with E-state index in [0.717, 1.165) is 18.5 Å². The normalized spacial score (nSPS) is 11.3. The van der Waals surface area contributed by atoms with Crippen LogP contribution in [0.2, 0.25) is 0 Å². The van der Waals surface area contributed by atoms with Gasteiger partial charge in [0.15, 0.2) is 5.82 Å². The Bertz CT molecular complexity index is 562. The molecule has 0 fully saturated rings. The van der Waals surface area contributed by atoms with Gasteiger partial charge >= 0.3 is 0 Å². The molecule has 0 aliphatic rings. The Hall–Kier alpha value is -1.58. The number of hydrogen-bond acceptors (Lipinski definition) is 2. The molecular weight excluding hydrogens is 265 g/mol. The van der Waals surface area contributed by atoms with Gasteiger partial charge in [-0.1, -0.05) is 57.9 Å². The number of aryl methyl sites for hydroxylation is 1. The molecule has 2 rings (SSSR count). The van der Waals surface area contributed by atoms with E-state index in [9.17, 15) is 4.39 Å². The van der Waals surface area contributed by atoms with Gasteiger partial charge < -0.3 is 10.3 Å². The van der Waals surface area contributed by atoms with Gasteiger partial charge in [-0.2, -0.15) is 0 Å². The molecule has 4 heteroatoms. The lowest BCUT2D eigenvalue weighted by Gasteiger charge is -2.06. The van der Waals surface area contributed by atoms with Crippen molar-refractivity contribution < 1.29 is 4.39 Å². The van der Waals surface area contributed by atoms with E-state index >= 15 is 0 Å². The molecule has 116 valence electrons. The number of unbranched alkanes of at least 4 members (excludes halogenated alkanes) is 7. The average Bonchev–Trinajstić information content (AvgIpc) is 2.80. The summed E-state index contributed by atoms with van der Waals surface area (Å²) in [5, 5.41) is 0. The molecule has 0 unspecified atom stereocenters. The first-order valence-corrected chi connectivity index (χ1v) is 8.14. The highest BCUT2D eigenvalue weighted by Crippen LogP contribution is 2.21. The number of benzene rings is 1. The molecule has 0 saturated carbocycles. The van der Waals surface area contributed by atoms with Crippen molar-refractivity contribution >= 4 is 17.0 Å². The number of anilines is 1. The Balaban J connectivity index is 1.79. The van der Waals surface area contributed by atoms with Gasteiger partial charge in [0.1, 0.15) is 5.52 Å². The quantitative estimate of drug-likeness (QED) is 0.668. The van der Waals surface area contributed by atoms with Crippen molar-refractivity contribution in [1.82, 2.24) is 9.55 Å². The third-order valence-electron chi connectivity index (χ3n) is 3.99. The van der Waals surface area contributed by atoms with Gasteiger partial charge in [-0.25, -0.2) is 9.37 Å². The number of para-hydroxylation sites is 1. The lowest BCUT2D eigenvalue weighted by atomic mass is 10.1. The number of hydrogen-bond donors (Lipinski definition) is 1. The summed E-state index contributed by atoms with van der Waals surface area (Å²) in [6, 6.07) is 5.02. The first-order valence-electron chi connectivity index (χ1n) is 8.14. The number of rotatable bonds is 9. The predicted molar refractivity (Wildman–Crippen MR) is 86.7 cm³/mol. The molecule has 0 aliphatic heterocycles. The van der Waals surface area contributed by atoms with Gasteiger partial charge in [0.25, 0.3) is 0 Å². The predicted octanol–water partition coefficient (Wildman–Crippen LogP) is 4.90. The van der Waals surface area contributed by atoms with Crippen molar-refractivity contribution in [2.24, 2.45) is 0 Å². The Kier molecular flexibility index (Phi) is 6.03. The van der Waals surface area contributed by atoms with Crippen molar-refractivity contribution in [1.29, 1.82) is 0 Å². The zero-order chi connectivity index (χ0) is 15.1. The van der Waals surface area contributed by atoms with E-state index in [2.05, 4.69) is 11.9 Å². The number of fused-ring (bicyclic) bond motifs is 1. The summed E-state index contributed by atoms with van der Waals surface area (Å²) in [4.78, 5) is 4.13. The maximum atomic E-state index is 13.6. The van der Waals surface area contributed by atoms with Crippen LogP contribution in [0.1, 0.15) is 58.3 Å². The number of aromatic nitrogens is 2. The molecule has 0 saturated heterocycles. The third-order valence-corrected chi connectivity index (χ3v) is 3.99. The Morgan fingerprint density at radius 1 is 1.05 bits per heavy atom. The van der Waals surface area contributed by atoms with Crippen LogP contribution in [0, 0.1) is 5.82 Å². The van der Waals surface area contributed by atoms with Crippen LogP contribution in [0.4, 0.5) is 10.3 Å². The standard InChI is InChI=1S/C17H26FN3/c1-2-3-4-5-6-7-8-9-13-21-15-12-10-11-14(18)16(15)20-17(21)19/h10-12H,2-9,13H2,1H3,(H2,19,20). The summed E-state index contributed by atoms with van der Waals surface area (Å²) in [5.41, 5.74) is 7.09. The number of imidazole rings is 1. The second kappa shape index (κ2) is 8.01. The summed E-state index contributed by atoms with van der Waals surface area (Å²) in [7, 11) is 0. The van der Waals surface area contributed by atoms with Gasteiger partial charge in [0.05, 0.1) is 5.52 Å².